The second kappa shape index (κ2) is 7.46. The number of nitrogens with two attached hydrogens (primary N) is 1. The number of aromatic amines is 1. The Morgan fingerprint density at radius 1 is 1.30 bits per heavy atom. The largest absolute Gasteiger partial charge is 0.395 e. The molecular weight excluding hydrogens is 296 g/mol. The van der Waals surface area contributed by atoms with Gasteiger partial charge in [0, 0.05) is 13.1 Å². The van der Waals surface area contributed by atoms with Gasteiger partial charge in [-0.05, 0) is 5.56 Å². The Morgan fingerprint density at radius 3 is 2.61 bits per heavy atom. The summed E-state index contributed by atoms with van der Waals surface area (Å²) in [6.07, 6.45) is 1.60. The van der Waals surface area contributed by atoms with Crippen LogP contribution in [-0.4, -0.2) is 34.4 Å². The summed E-state index contributed by atoms with van der Waals surface area (Å²) in [7, 11) is 0. The molecule has 0 unspecified atom stereocenters. The van der Waals surface area contributed by atoms with E-state index in [-0.39, 0.29) is 31.2 Å². The number of rotatable bonds is 7. The van der Waals surface area contributed by atoms with E-state index in [1.165, 1.54) is 4.57 Å². The second-order valence-electron chi connectivity index (χ2n) is 5.02. The van der Waals surface area contributed by atoms with Gasteiger partial charge in [-0.1, -0.05) is 36.4 Å². The summed E-state index contributed by atoms with van der Waals surface area (Å²) in [5.41, 5.74) is 5.98. The van der Waals surface area contributed by atoms with Gasteiger partial charge in [0.25, 0.3) is 5.56 Å². The zero-order valence-corrected chi connectivity index (χ0v) is 12.7. The lowest BCUT2D eigenvalue weighted by molar-refractivity contribution is 0.303. The maximum atomic E-state index is 12.2. The number of nitrogens with one attached hydrogen (secondary N) is 1. The number of anilines is 2. The van der Waals surface area contributed by atoms with Crippen LogP contribution in [0.25, 0.3) is 0 Å². The maximum Gasteiger partial charge on any atom is 0.330 e. The monoisotopic (exact) mass is 316 g/mol. The van der Waals surface area contributed by atoms with E-state index < -0.39 is 11.2 Å². The fourth-order valence-electron chi connectivity index (χ4n) is 2.38. The van der Waals surface area contributed by atoms with Crippen LogP contribution in [0.5, 0.6) is 0 Å². The van der Waals surface area contributed by atoms with Crippen LogP contribution in [0, 0.1) is 0 Å². The van der Waals surface area contributed by atoms with E-state index in [0.29, 0.717) is 6.54 Å². The van der Waals surface area contributed by atoms with E-state index in [1.54, 1.807) is 11.0 Å². The summed E-state index contributed by atoms with van der Waals surface area (Å²) in [6, 6.07) is 9.33. The van der Waals surface area contributed by atoms with Gasteiger partial charge in [-0.25, -0.2) is 4.79 Å². The van der Waals surface area contributed by atoms with Crippen LogP contribution in [0.3, 0.4) is 0 Å². The van der Waals surface area contributed by atoms with Gasteiger partial charge in [0.1, 0.15) is 11.5 Å². The molecule has 122 valence electrons. The van der Waals surface area contributed by atoms with Gasteiger partial charge in [0.15, 0.2) is 0 Å². The molecule has 0 radical (unpaired) electrons. The number of aliphatic hydroxyl groups excluding tert-OH is 1. The standard InChI is InChI=1S/C16H20N4O3/c1-2-8-19(9-10-21)13-14(17)20(16(23)18-15(13)22)11-12-6-4-3-5-7-12/h2-7,21H,1,8-11,17H2,(H,18,22,23). The molecule has 7 heteroatoms. The lowest BCUT2D eigenvalue weighted by Crippen LogP contribution is -2.39. The molecule has 0 aliphatic heterocycles. The third-order valence-electron chi connectivity index (χ3n) is 3.43. The molecular formula is C16H20N4O3. The average molecular weight is 316 g/mol. The SMILES string of the molecule is C=CCN(CCO)c1c(N)n(Cc2ccccc2)c(=O)[nH]c1=O. The smallest absolute Gasteiger partial charge is 0.330 e. The predicted octanol–water partition coefficient (Wildman–Crippen LogP) is 0.152. The molecule has 4 N–H and O–H groups in total. The summed E-state index contributed by atoms with van der Waals surface area (Å²) >= 11 is 0. The summed E-state index contributed by atoms with van der Waals surface area (Å²) in [5, 5.41) is 9.17. The zero-order chi connectivity index (χ0) is 16.8. The Hall–Kier alpha value is -2.80. The van der Waals surface area contributed by atoms with Crippen LogP contribution in [0.15, 0.2) is 52.6 Å². The van der Waals surface area contributed by atoms with Gasteiger partial charge in [-0.15, -0.1) is 6.58 Å². The Balaban J connectivity index is 2.52. The minimum atomic E-state index is -0.577. The fourth-order valence-corrected chi connectivity index (χ4v) is 2.38. The van der Waals surface area contributed by atoms with Crippen LogP contribution in [-0.2, 0) is 6.54 Å². The predicted molar refractivity (Wildman–Crippen MR) is 90.8 cm³/mol. The maximum absolute atomic E-state index is 12.2. The molecule has 0 saturated carbocycles. The van der Waals surface area contributed by atoms with E-state index in [9.17, 15) is 9.59 Å². The molecule has 0 aliphatic carbocycles. The second-order valence-corrected chi connectivity index (χ2v) is 5.02. The molecule has 1 aromatic carbocycles. The van der Waals surface area contributed by atoms with Crippen molar-refractivity contribution in [3.8, 4) is 0 Å². The van der Waals surface area contributed by atoms with E-state index >= 15 is 0 Å². The average Bonchev–Trinajstić information content (AvgIpc) is 2.53. The summed E-state index contributed by atoms with van der Waals surface area (Å²) in [4.78, 5) is 28.1. The van der Waals surface area contributed by atoms with Crippen molar-refractivity contribution >= 4 is 11.5 Å². The van der Waals surface area contributed by atoms with E-state index in [0.717, 1.165) is 5.56 Å². The normalized spacial score (nSPS) is 10.5. The van der Waals surface area contributed by atoms with Crippen molar-refractivity contribution in [2.75, 3.05) is 30.3 Å². The first-order valence-corrected chi connectivity index (χ1v) is 7.21. The van der Waals surface area contributed by atoms with Crippen molar-refractivity contribution in [2.24, 2.45) is 0 Å². The lowest BCUT2D eigenvalue weighted by atomic mass is 10.2. The number of aromatic nitrogens is 2. The third kappa shape index (κ3) is 3.70. The first-order chi connectivity index (χ1) is 11.1. The lowest BCUT2D eigenvalue weighted by Gasteiger charge is -2.24. The fraction of sp³-hybridized carbons (Fsp3) is 0.250. The Bertz CT molecular complexity index is 780. The highest BCUT2D eigenvalue weighted by atomic mass is 16.3. The topological polar surface area (TPSA) is 104 Å². The van der Waals surface area contributed by atoms with Gasteiger partial charge >= 0.3 is 5.69 Å². The van der Waals surface area contributed by atoms with Crippen molar-refractivity contribution in [1.82, 2.24) is 9.55 Å². The van der Waals surface area contributed by atoms with Crippen LogP contribution >= 0.6 is 0 Å². The molecule has 0 saturated heterocycles. The van der Waals surface area contributed by atoms with Gasteiger partial charge in [-0.3, -0.25) is 14.3 Å². The molecule has 0 atom stereocenters. The molecule has 1 aromatic heterocycles. The number of aliphatic hydroxyl groups is 1. The summed E-state index contributed by atoms with van der Waals surface area (Å²) < 4.78 is 1.31. The van der Waals surface area contributed by atoms with Crippen molar-refractivity contribution in [1.29, 1.82) is 0 Å². The Morgan fingerprint density at radius 2 is 2.00 bits per heavy atom. The molecule has 1 heterocycles. The number of hydrogen-bond donors (Lipinski definition) is 3. The molecule has 2 aromatic rings. The number of benzene rings is 1. The first-order valence-electron chi connectivity index (χ1n) is 7.21. The molecule has 0 fully saturated rings. The third-order valence-corrected chi connectivity index (χ3v) is 3.43. The highest BCUT2D eigenvalue weighted by Crippen LogP contribution is 2.17. The quantitative estimate of drug-likeness (QED) is 0.631. The van der Waals surface area contributed by atoms with Crippen LogP contribution < -0.4 is 21.9 Å². The first kappa shape index (κ1) is 16.6. The number of nitrogen functional groups attached to an aromatic ring is 1. The minimum Gasteiger partial charge on any atom is -0.395 e. The van der Waals surface area contributed by atoms with Gasteiger partial charge in [0.2, 0.25) is 0 Å². The zero-order valence-electron chi connectivity index (χ0n) is 12.7. The summed E-state index contributed by atoms with van der Waals surface area (Å²) in [6.45, 7) is 4.27. The Kier molecular flexibility index (Phi) is 5.37. The molecule has 0 bridgehead atoms. The molecule has 0 spiro atoms. The number of hydrogen-bond acceptors (Lipinski definition) is 5. The highest BCUT2D eigenvalue weighted by molar-refractivity contribution is 5.62. The van der Waals surface area contributed by atoms with Gasteiger partial charge in [0.05, 0.1) is 13.2 Å². The molecule has 0 amide bonds. The molecule has 7 nitrogen and oxygen atoms in total. The Labute approximate surface area is 133 Å². The van der Waals surface area contributed by atoms with Gasteiger partial charge in [-0.2, -0.15) is 0 Å². The van der Waals surface area contributed by atoms with Crippen molar-refractivity contribution < 1.29 is 5.11 Å². The van der Waals surface area contributed by atoms with Crippen LogP contribution in [0.1, 0.15) is 5.56 Å². The number of H-pyrrole nitrogens is 1. The van der Waals surface area contributed by atoms with Crippen LogP contribution in [0.2, 0.25) is 0 Å². The highest BCUT2D eigenvalue weighted by Gasteiger charge is 2.17. The van der Waals surface area contributed by atoms with Gasteiger partial charge < -0.3 is 15.7 Å². The molecule has 2 rings (SSSR count). The number of nitrogens with zero attached hydrogens (tertiary/aromatic N) is 2. The van der Waals surface area contributed by atoms with Crippen molar-refractivity contribution in [2.45, 2.75) is 6.54 Å². The molecule has 23 heavy (non-hydrogen) atoms. The van der Waals surface area contributed by atoms with Crippen LogP contribution in [0.4, 0.5) is 11.5 Å². The van der Waals surface area contributed by atoms with E-state index in [1.807, 2.05) is 30.3 Å². The van der Waals surface area contributed by atoms with Crippen molar-refractivity contribution in [3.63, 3.8) is 0 Å². The van der Waals surface area contributed by atoms with E-state index in [2.05, 4.69) is 11.6 Å². The summed E-state index contributed by atoms with van der Waals surface area (Å²) in [5.74, 6) is 0.0675. The van der Waals surface area contributed by atoms with E-state index in [4.69, 9.17) is 10.8 Å². The molecule has 0 aliphatic rings. The minimum absolute atomic E-state index is 0.0675. The van der Waals surface area contributed by atoms with Crippen molar-refractivity contribution in [3.05, 3.63) is 69.4 Å².